The smallest absolute Gasteiger partial charge is 0.369 e. The van der Waals surface area contributed by atoms with Crippen molar-refractivity contribution in [1.82, 2.24) is 14.9 Å². The Balaban J connectivity index is 1.66. The van der Waals surface area contributed by atoms with Gasteiger partial charge in [0.25, 0.3) is 0 Å². The van der Waals surface area contributed by atoms with Crippen LogP contribution in [0.4, 0.5) is 19.0 Å². The van der Waals surface area contributed by atoms with Crippen molar-refractivity contribution in [2.24, 2.45) is 0 Å². The van der Waals surface area contributed by atoms with Gasteiger partial charge in [-0.2, -0.15) is 13.2 Å². The number of hydrogen-bond donors (Lipinski definition) is 1. The number of halogens is 3. The van der Waals surface area contributed by atoms with Crippen molar-refractivity contribution in [3.63, 3.8) is 0 Å². The van der Waals surface area contributed by atoms with E-state index in [2.05, 4.69) is 21.9 Å². The molecule has 1 saturated heterocycles. The minimum absolute atomic E-state index is 0.126. The van der Waals surface area contributed by atoms with Crippen LogP contribution in [-0.2, 0) is 22.3 Å². The summed E-state index contributed by atoms with van der Waals surface area (Å²) < 4.78 is 43.9. The average molecular weight is 392 g/mol. The molecule has 0 spiro atoms. The number of amides is 1. The lowest BCUT2D eigenvalue weighted by atomic mass is 10.1. The highest BCUT2D eigenvalue weighted by Crippen LogP contribution is 2.29. The summed E-state index contributed by atoms with van der Waals surface area (Å²) in [6.45, 7) is 4.36. The van der Waals surface area contributed by atoms with Gasteiger partial charge in [-0.05, 0) is 29.8 Å². The zero-order chi connectivity index (χ0) is 20.1. The van der Waals surface area contributed by atoms with Crippen LogP contribution in [0.2, 0.25) is 0 Å². The van der Waals surface area contributed by atoms with E-state index in [-0.39, 0.29) is 24.7 Å². The molecule has 0 bridgehead atoms. The van der Waals surface area contributed by atoms with Gasteiger partial charge in [-0.15, -0.1) is 0 Å². The molecule has 1 N–H and O–H groups in total. The lowest BCUT2D eigenvalue weighted by molar-refractivity contribution is -0.137. The SMILES string of the molecule is C=CC(=O)N1C[C@@H](Nc2ccncn2)[C@H](OCc2ccc(C(F)(F)F)cc2)C1. The summed E-state index contributed by atoms with van der Waals surface area (Å²) in [4.78, 5) is 21.5. The molecule has 0 unspecified atom stereocenters. The van der Waals surface area contributed by atoms with Crippen LogP contribution in [0.15, 0.2) is 55.5 Å². The maximum atomic E-state index is 12.7. The summed E-state index contributed by atoms with van der Waals surface area (Å²) in [6.07, 6.45) is -0.499. The Kier molecular flexibility index (Phi) is 5.93. The van der Waals surface area contributed by atoms with Crippen LogP contribution in [0.3, 0.4) is 0 Å². The highest BCUT2D eigenvalue weighted by Gasteiger charge is 2.35. The van der Waals surface area contributed by atoms with Crippen molar-refractivity contribution < 1.29 is 22.7 Å². The number of ether oxygens (including phenoxy) is 1. The molecule has 3 rings (SSSR count). The predicted octanol–water partition coefficient (Wildman–Crippen LogP) is 2.89. The summed E-state index contributed by atoms with van der Waals surface area (Å²) in [5.74, 6) is 0.381. The fourth-order valence-electron chi connectivity index (χ4n) is 2.95. The average Bonchev–Trinajstić information content (AvgIpc) is 3.09. The number of carbonyl (C=O) groups is 1. The fraction of sp³-hybridized carbons (Fsp3) is 0.316. The third-order valence-corrected chi connectivity index (χ3v) is 4.41. The molecule has 1 fully saturated rings. The van der Waals surface area contributed by atoms with Crippen molar-refractivity contribution in [2.45, 2.75) is 24.9 Å². The summed E-state index contributed by atoms with van der Waals surface area (Å²) in [7, 11) is 0. The van der Waals surface area contributed by atoms with Crippen molar-refractivity contribution in [1.29, 1.82) is 0 Å². The molecule has 0 aliphatic carbocycles. The molecular formula is C19H19F3N4O2. The van der Waals surface area contributed by atoms with Crippen LogP contribution in [-0.4, -0.2) is 46.0 Å². The molecule has 148 valence electrons. The van der Waals surface area contributed by atoms with E-state index in [1.807, 2.05) is 0 Å². The lowest BCUT2D eigenvalue weighted by Crippen LogP contribution is -2.34. The molecule has 1 aliphatic rings. The van der Waals surface area contributed by atoms with Gasteiger partial charge in [0.2, 0.25) is 5.91 Å². The van der Waals surface area contributed by atoms with Gasteiger partial charge in [-0.25, -0.2) is 9.97 Å². The van der Waals surface area contributed by atoms with Gasteiger partial charge in [0.1, 0.15) is 12.1 Å². The van der Waals surface area contributed by atoms with Crippen LogP contribution in [0.1, 0.15) is 11.1 Å². The third kappa shape index (κ3) is 4.86. The zero-order valence-corrected chi connectivity index (χ0v) is 14.9. The van der Waals surface area contributed by atoms with Crippen LogP contribution < -0.4 is 5.32 Å². The van der Waals surface area contributed by atoms with E-state index in [0.717, 1.165) is 12.1 Å². The minimum Gasteiger partial charge on any atom is -0.369 e. The first-order valence-corrected chi connectivity index (χ1v) is 8.58. The first-order chi connectivity index (χ1) is 13.4. The number of rotatable bonds is 6. The molecule has 6 nitrogen and oxygen atoms in total. The molecule has 2 atom stereocenters. The number of anilines is 1. The zero-order valence-electron chi connectivity index (χ0n) is 14.9. The number of nitrogens with zero attached hydrogens (tertiary/aromatic N) is 3. The van der Waals surface area contributed by atoms with Crippen molar-refractivity contribution in [3.05, 3.63) is 66.6 Å². The molecule has 0 radical (unpaired) electrons. The molecule has 2 aromatic rings. The van der Waals surface area contributed by atoms with Crippen LogP contribution >= 0.6 is 0 Å². The summed E-state index contributed by atoms with van der Waals surface area (Å²) in [5.41, 5.74) is -0.0922. The predicted molar refractivity (Wildman–Crippen MR) is 96.2 cm³/mol. The summed E-state index contributed by atoms with van der Waals surface area (Å²) in [6, 6.07) is 6.29. The number of nitrogens with one attached hydrogen (secondary N) is 1. The van der Waals surface area contributed by atoms with E-state index in [1.54, 1.807) is 17.2 Å². The van der Waals surface area contributed by atoms with Crippen molar-refractivity contribution in [2.75, 3.05) is 18.4 Å². The molecule has 2 heterocycles. The van der Waals surface area contributed by atoms with E-state index in [9.17, 15) is 18.0 Å². The van der Waals surface area contributed by atoms with Gasteiger partial charge in [0, 0.05) is 19.3 Å². The minimum atomic E-state index is -4.37. The van der Waals surface area contributed by atoms with E-state index in [1.165, 1.54) is 24.5 Å². The monoisotopic (exact) mass is 392 g/mol. The van der Waals surface area contributed by atoms with Crippen molar-refractivity contribution >= 4 is 11.7 Å². The van der Waals surface area contributed by atoms with Crippen LogP contribution in [0.5, 0.6) is 0 Å². The van der Waals surface area contributed by atoms with E-state index in [4.69, 9.17) is 4.74 Å². The van der Waals surface area contributed by atoms with E-state index in [0.29, 0.717) is 24.5 Å². The molecule has 1 aliphatic heterocycles. The van der Waals surface area contributed by atoms with Crippen molar-refractivity contribution in [3.8, 4) is 0 Å². The molecule has 28 heavy (non-hydrogen) atoms. The molecule has 1 amide bonds. The summed E-state index contributed by atoms with van der Waals surface area (Å²) in [5, 5.41) is 3.21. The standard InChI is InChI=1S/C19H19F3N4O2/c1-2-18(27)26-9-15(25-17-7-8-23-12-24-17)16(10-26)28-11-13-3-5-14(6-4-13)19(20,21)22/h2-8,12,15-16H,1,9-11H2,(H,23,24,25)/t15-,16-/m1/s1. The van der Waals surface area contributed by atoms with Gasteiger partial charge < -0.3 is 15.0 Å². The van der Waals surface area contributed by atoms with Gasteiger partial charge in [0.15, 0.2) is 0 Å². The number of hydrogen-bond acceptors (Lipinski definition) is 5. The molecule has 0 saturated carbocycles. The second-order valence-electron chi connectivity index (χ2n) is 6.34. The van der Waals surface area contributed by atoms with Gasteiger partial charge in [-0.3, -0.25) is 4.79 Å². The Bertz CT molecular complexity index is 812. The number of likely N-dealkylation sites (tertiary alicyclic amines) is 1. The molecule has 9 heteroatoms. The molecular weight excluding hydrogens is 373 g/mol. The van der Waals surface area contributed by atoms with Gasteiger partial charge in [-0.1, -0.05) is 18.7 Å². The Morgan fingerprint density at radius 1 is 1.29 bits per heavy atom. The highest BCUT2D eigenvalue weighted by atomic mass is 19.4. The molecule has 1 aromatic heterocycles. The Labute approximate surface area is 160 Å². The summed E-state index contributed by atoms with van der Waals surface area (Å²) >= 11 is 0. The first kappa shape index (κ1) is 19.8. The maximum absolute atomic E-state index is 12.7. The second kappa shape index (κ2) is 8.39. The lowest BCUT2D eigenvalue weighted by Gasteiger charge is -2.20. The largest absolute Gasteiger partial charge is 0.416 e. The molecule has 1 aromatic carbocycles. The topological polar surface area (TPSA) is 67.4 Å². The number of carbonyl (C=O) groups excluding carboxylic acids is 1. The van der Waals surface area contributed by atoms with E-state index >= 15 is 0 Å². The van der Waals surface area contributed by atoms with Crippen LogP contribution in [0.25, 0.3) is 0 Å². The third-order valence-electron chi connectivity index (χ3n) is 4.41. The maximum Gasteiger partial charge on any atom is 0.416 e. The fourth-order valence-corrected chi connectivity index (χ4v) is 2.95. The Hall–Kier alpha value is -2.94. The first-order valence-electron chi connectivity index (χ1n) is 8.58. The highest BCUT2D eigenvalue weighted by molar-refractivity contribution is 5.87. The Morgan fingerprint density at radius 3 is 2.64 bits per heavy atom. The van der Waals surface area contributed by atoms with E-state index < -0.39 is 11.7 Å². The number of alkyl halides is 3. The normalized spacial score (nSPS) is 19.5. The van der Waals surface area contributed by atoms with Gasteiger partial charge >= 0.3 is 6.18 Å². The quantitative estimate of drug-likeness (QED) is 0.766. The number of aromatic nitrogens is 2. The number of benzene rings is 1. The Morgan fingerprint density at radius 2 is 2.04 bits per heavy atom. The van der Waals surface area contributed by atoms with Crippen LogP contribution in [0, 0.1) is 0 Å². The second-order valence-corrected chi connectivity index (χ2v) is 6.34. The van der Waals surface area contributed by atoms with Gasteiger partial charge in [0.05, 0.1) is 24.3 Å².